The van der Waals surface area contributed by atoms with E-state index in [0.717, 1.165) is 0 Å². The fourth-order valence-electron chi connectivity index (χ4n) is 0.134. The third kappa shape index (κ3) is 4.95. The minimum atomic E-state index is 0.419. The van der Waals surface area contributed by atoms with E-state index in [1.165, 1.54) is 10.1 Å². The number of halogens is 1. The molecule has 0 saturated carbocycles. The van der Waals surface area contributed by atoms with Crippen LogP contribution in [0.5, 0.6) is 0 Å². The standard InChI is InChI=1S/C3H9ISi/c1-2-5-3-4/h2-3,5H2,1H3. The van der Waals surface area contributed by atoms with Crippen molar-refractivity contribution in [3.8, 4) is 0 Å². The van der Waals surface area contributed by atoms with Gasteiger partial charge in [0, 0.05) is 9.52 Å². The fourth-order valence-corrected chi connectivity index (χ4v) is 2.69. The highest BCUT2D eigenvalue weighted by Crippen LogP contribution is 1.79. The molecule has 0 aliphatic rings. The number of alkyl halides is 1. The maximum absolute atomic E-state index is 2.45. The maximum Gasteiger partial charge on any atom is 0.0312 e. The summed E-state index contributed by atoms with van der Waals surface area (Å²) in [7, 11) is 0.419. The average Bonchev–Trinajstić information content (AvgIpc) is 1.41. The van der Waals surface area contributed by atoms with Crippen molar-refractivity contribution in [2.75, 3.05) is 4.05 Å². The summed E-state index contributed by atoms with van der Waals surface area (Å²) in [6.45, 7) is 2.27. The van der Waals surface area contributed by atoms with Gasteiger partial charge in [0.1, 0.15) is 0 Å². The first-order valence-corrected chi connectivity index (χ1v) is 5.50. The van der Waals surface area contributed by atoms with Crippen molar-refractivity contribution in [1.82, 2.24) is 0 Å². The molecule has 0 aromatic rings. The topological polar surface area (TPSA) is 0 Å². The van der Waals surface area contributed by atoms with Crippen LogP contribution in [0.1, 0.15) is 6.92 Å². The molecule has 0 N–H and O–H groups in total. The van der Waals surface area contributed by atoms with E-state index in [4.69, 9.17) is 0 Å². The van der Waals surface area contributed by atoms with Gasteiger partial charge in [0.2, 0.25) is 0 Å². The van der Waals surface area contributed by atoms with Crippen LogP contribution in [0.25, 0.3) is 0 Å². The van der Waals surface area contributed by atoms with Gasteiger partial charge in [-0.05, 0) is 4.05 Å². The molecule has 0 nitrogen and oxygen atoms in total. The molecule has 2 heteroatoms. The van der Waals surface area contributed by atoms with Crippen LogP contribution in [0.2, 0.25) is 6.04 Å². The summed E-state index contributed by atoms with van der Waals surface area (Å²) in [5.41, 5.74) is 0. The van der Waals surface area contributed by atoms with Gasteiger partial charge in [0.05, 0.1) is 0 Å². The van der Waals surface area contributed by atoms with E-state index in [0.29, 0.717) is 9.52 Å². The van der Waals surface area contributed by atoms with Crippen LogP contribution in [0, 0.1) is 0 Å². The Hall–Kier alpha value is 0.947. The third-order valence-corrected chi connectivity index (χ3v) is 3.75. The Kier molecular flexibility index (Phi) is 5.88. The van der Waals surface area contributed by atoms with Gasteiger partial charge in [0.25, 0.3) is 0 Å². The van der Waals surface area contributed by atoms with Gasteiger partial charge in [-0.2, -0.15) is 0 Å². The summed E-state index contributed by atoms with van der Waals surface area (Å²) in [5.74, 6) is 0. The molecule has 0 radical (unpaired) electrons. The second-order valence-corrected chi connectivity index (χ2v) is 6.36. The van der Waals surface area contributed by atoms with Gasteiger partial charge in [0.15, 0.2) is 0 Å². The molecule has 0 aliphatic carbocycles. The Bertz CT molecular complexity index is 14.4. The summed E-state index contributed by atoms with van der Waals surface area (Å²) >= 11 is 2.45. The van der Waals surface area contributed by atoms with Gasteiger partial charge in [-0.15, -0.1) is 0 Å². The van der Waals surface area contributed by atoms with E-state index in [1.807, 2.05) is 0 Å². The number of hydrogen-bond acceptors (Lipinski definition) is 0. The van der Waals surface area contributed by atoms with Crippen molar-refractivity contribution in [3.05, 3.63) is 0 Å². The van der Waals surface area contributed by atoms with Crippen LogP contribution >= 0.6 is 22.6 Å². The summed E-state index contributed by atoms with van der Waals surface area (Å²) < 4.78 is 1.45. The van der Waals surface area contributed by atoms with Gasteiger partial charge in [-0.3, -0.25) is 0 Å². The van der Waals surface area contributed by atoms with Crippen LogP contribution in [0.15, 0.2) is 0 Å². The number of hydrogen-bond donors (Lipinski definition) is 0. The van der Waals surface area contributed by atoms with Crippen LogP contribution in [-0.4, -0.2) is 13.6 Å². The Labute approximate surface area is 49.3 Å². The molecule has 0 unspecified atom stereocenters. The summed E-state index contributed by atoms with van der Waals surface area (Å²) in [4.78, 5) is 0. The molecule has 0 bridgehead atoms. The van der Waals surface area contributed by atoms with Gasteiger partial charge in [-0.1, -0.05) is 35.6 Å². The molecule has 0 aromatic carbocycles. The van der Waals surface area contributed by atoms with Crippen molar-refractivity contribution >= 4 is 32.1 Å². The van der Waals surface area contributed by atoms with Crippen molar-refractivity contribution in [1.29, 1.82) is 0 Å². The molecule has 0 rings (SSSR count). The van der Waals surface area contributed by atoms with Crippen LogP contribution in [-0.2, 0) is 0 Å². The molecule has 5 heavy (non-hydrogen) atoms. The molecule has 0 heterocycles. The van der Waals surface area contributed by atoms with Crippen molar-refractivity contribution in [2.24, 2.45) is 0 Å². The predicted octanol–water partition coefficient (Wildman–Crippen LogP) is 0.986. The molecule has 0 aliphatic heterocycles. The molecular formula is C3H9ISi. The zero-order valence-corrected chi connectivity index (χ0v) is 7.07. The molecule has 0 fully saturated rings. The lowest BCUT2D eigenvalue weighted by Gasteiger charge is -1.75. The second-order valence-electron chi connectivity index (χ2n) is 1.04. The first-order chi connectivity index (χ1) is 2.41. The SMILES string of the molecule is CC[SiH2]CI. The lowest BCUT2D eigenvalue weighted by Crippen LogP contribution is -1.83. The smallest absolute Gasteiger partial charge is 0.0312 e. The van der Waals surface area contributed by atoms with Crippen LogP contribution in [0.4, 0.5) is 0 Å². The van der Waals surface area contributed by atoms with Gasteiger partial charge in [-0.25, -0.2) is 0 Å². The van der Waals surface area contributed by atoms with Crippen LogP contribution < -0.4 is 0 Å². The Morgan fingerprint density at radius 2 is 2.40 bits per heavy atom. The highest BCUT2D eigenvalue weighted by Gasteiger charge is 1.71. The Morgan fingerprint density at radius 3 is 2.40 bits per heavy atom. The number of rotatable bonds is 2. The molecule has 0 atom stereocenters. The first-order valence-electron chi connectivity index (χ1n) is 1.97. The van der Waals surface area contributed by atoms with E-state index < -0.39 is 0 Å². The highest BCUT2D eigenvalue weighted by molar-refractivity contribution is 14.1. The van der Waals surface area contributed by atoms with E-state index in [-0.39, 0.29) is 0 Å². The molecule has 0 spiro atoms. The van der Waals surface area contributed by atoms with E-state index in [9.17, 15) is 0 Å². The van der Waals surface area contributed by atoms with Crippen molar-refractivity contribution in [2.45, 2.75) is 13.0 Å². The van der Waals surface area contributed by atoms with Crippen LogP contribution in [0.3, 0.4) is 0 Å². The first kappa shape index (κ1) is 5.95. The monoisotopic (exact) mass is 200 g/mol. The third-order valence-electron chi connectivity index (χ3n) is 0.487. The zero-order chi connectivity index (χ0) is 4.12. The maximum atomic E-state index is 2.45. The van der Waals surface area contributed by atoms with Gasteiger partial charge < -0.3 is 0 Å². The molecular weight excluding hydrogens is 191 g/mol. The fraction of sp³-hybridized carbons (Fsp3) is 1.00. The zero-order valence-electron chi connectivity index (χ0n) is 3.50. The molecule has 32 valence electrons. The molecule has 0 saturated heterocycles. The van der Waals surface area contributed by atoms with Crippen molar-refractivity contribution in [3.63, 3.8) is 0 Å². The van der Waals surface area contributed by atoms with Gasteiger partial charge >= 0.3 is 0 Å². The second kappa shape index (κ2) is 4.95. The lowest BCUT2D eigenvalue weighted by molar-refractivity contribution is 1.45. The Balaban J connectivity index is 2.19. The Morgan fingerprint density at radius 1 is 1.80 bits per heavy atom. The minimum Gasteiger partial charge on any atom is -0.0904 e. The van der Waals surface area contributed by atoms with E-state index in [1.54, 1.807) is 0 Å². The highest BCUT2D eigenvalue weighted by atomic mass is 127. The van der Waals surface area contributed by atoms with E-state index in [2.05, 4.69) is 29.5 Å². The molecule has 0 amide bonds. The normalized spacial score (nSPS) is 10.8. The van der Waals surface area contributed by atoms with E-state index >= 15 is 0 Å². The predicted molar refractivity (Wildman–Crippen MR) is 37.9 cm³/mol. The quantitative estimate of drug-likeness (QED) is 0.354. The minimum absolute atomic E-state index is 0.419. The lowest BCUT2D eigenvalue weighted by atomic mass is 11.0. The summed E-state index contributed by atoms with van der Waals surface area (Å²) in [5, 5.41) is 0. The molecule has 0 aromatic heterocycles. The average molecular weight is 200 g/mol. The largest absolute Gasteiger partial charge is 0.0904 e. The summed E-state index contributed by atoms with van der Waals surface area (Å²) in [6, 6.07) is 1.48. The van der Waals surface area contributed by atoms with Crippen molar-refractivity contribution < 1.29 is 0 Å². The summed E-state index contributed by atoms with van der Waals surface area (Å²) in [6.07, 6.45) is 0.